The SMILES string of the molecule is N#Cc1ccc(Nc2ccc(C#N)cc2Cl)c(N)c1. The van der Waals surface area contributed by atoms with Crippen molar-refractivity contribution in [2.75, 3.05) is 11.1 Å². The molecule has 0 saturated heterocycles. The maximum atomic E-state index is 8.77. The van der Waals surface area contributed by atoms with Crippen LogP contribution >= 0.6 is 11.6 Å². The molecule has 19 heavy (non-hydrogen) atoms. The third-order valence-corrected chi connectivity index (χ3v) is 2.86. The molecule has 2 aromatic rings. The summed E-state index contributed by atoms with van der Waals surface area (Å²) < 4.78 is 0. The molecule has 0 radical (unpaired) electrons. The first-order valence-electron chi connectivity index (χ1n) is 5.40. The first-order chi connectivity index (χ1) is 9.13. The predicted molar refractivity (Wildman–Crippen MR) is 75.0 cm³/mol. The molecule has 0 aliphatic rings. The molecule has 3 N–H and O–H groups in total. The second kappa shape index (κ2) is 5.30. The minimum atomic E-state index is 0.433. The Morgan fingerprint density at radius 2 is 1.53 bits per heavy atom. The van der Waals surface area contributed by atoms with Gasteiger partial charge in [0.15, 0.2) is 0 Å². The van der Waals surface area contributed by atoms with E-state index in [1.54, 1.807) is 36.4 Å². The van der Waals surface area contributed by atoms with E-state index in [1.807, 2.05) is 12.1 Å². The molecule has 0 aromatic heterocycles. The van der Waals surface area contributed by atoms with Gasteiger partial charge in [0, 0.05) is 0 Å². The van der Waals surface area contributed by atoms with Crippen LogP contribution in [0.15, 0.2) is 36.4 Å². The molecule has 0 unspecified atom stereocenters. The monoisotopic (exact) mass is 268 g/mol. The Labute approximate surface area is 115 Å². The number of nitrogen functional groups attached to an aromatic ring is 1. The number of benzene rings is 2. The number of hydrogen-bond donors (Lipinski definition) is 2. The molecule has 2 rings (SSSR count). The molecule has 0 aliphatic heterocycles. The third-order valence-electron chi connectivity index (χ3n) is 2.55. The van der Waals surface area contributed by atoms with Crippen molar-refractivity contribution >= 4 is 28.7 Å². The van der Waals surface area contributed by atoms with Gasteiger partial charge in [-0.15, -0.1) is 0 Å². The Bertz CT molecular complexity index is 649. The van der Waals surface area contributed by atoms with Crippen LogP contribution < -0.4 is 11.1 Å². The van der Waals surface area contributed by atoms with Gasteiger partial charge < -0.3 is 11.1 Å². The second-order valence-corrected chi connectivity index (χ2v) is 4.25. The smallest absolute Gasteiger partial charge is 0.0992 e. The number of halogens is 1. The Hall–Kier alpha value is -2.69. The van der Waals surface area contributed by atoms with Gasteiger partial charge in [0.1, 0.15) is 0 Å². The average molecular weight is 269 g/mol. The average Bonchev–Trinajstić information content (AvgIpc) is 2.42. The predicted octanol–water partition coefficient (Wildman–Crippen LogP) is 3.41. The van der Waals surface area contributed by atoms with E-state index in [9.17, 15) is 0 Å². The van der Waals surface area contributed by atoms with Crippen molar-refractivity contribution in [1.29, 1.82) is 10.5 Å². The highest BCUT2D eigenvalue weighted by Crippen LogP contribution is 2.29. The molecule has 92 valence electrons. The number of nitrogens with two attached hydrogens (primary N) is 1. The zero-order valence-corrected chi connectivity index (χ0v) is 10.6. The highest BCUT2D eigenvalue weighted by atomic mass is 35.5. The van der Waals surface area contributed by atoms with E-state index in [-0.39, 0.29) is 0 Å². The Morgan fingerprint density at radius 1 is 0.947 bits per heavy atom. The summed E-state index contributed by atoms with van der Waals surface area (Å²) in [7, 11) is 0. The molecule has 5 heteroatoms. The number of rotatable bonds is 2. The fourth-order valence-electron chi connectivity index (χ4n) is 1.58. The summed E-state index contributed by atoms with van der Waals surface area (Å²) in [4.78, 5) is 0. The molecule has 0 spiro atoms. The zero-order chi connectivity index (χ0) is 13.8. The third kappa shape index (κ3) is 2.77. The van der Waals surface area contributed by atoms with E-state index < -0.39 is 0 Å². The van der Waals surface area contributed by atoms with Crippen LogP contribution in [0.25, 0.3) is 0 Å². The van der Waals surface area contributed by atoms with Gasteiger partial charge in [0.05, 0.1) is 45.4 Å². The summed E-state index contributed by atoms with van der Waals surface area (Å²) in [5, 5.41) is 21.0. The van der Waals surface area contributed by atoms with E-state index in [0.717, 1.165) is 0 Å². The van der Waals surface area contributed by atoms with Gasteiger partial charge in [0.25, 0.3) is 0 Å². The van der Waals surface area contributed by atoms with E-state index in [4.69, 9.17) is 27.9 Å². The minimum absolute atomic E-state index is 0.433. The molecular weight excluding hydrogens is 260 g/mol. The molecule has 0 aliphatic carbocycles. The molecule has 0 amide bonds. The number of nitrogens with zero attached hydrogens (tertiary/aromatic N) is 2. The molecule has 0 bridgehead atoms. The normalized spacial score (nSPS) is 9.42. The lowest BCUT2D eigenvalue weighted by atomic mass is 10.1. The maximum absolute atomic E-state index is 8.77. The molecule has 0 saturated carbocycles. The summed E-state index contributed by atoms with van der Waals surface area (Å²) in [6.45, 7) is 0. The first-order valence-corrected chi connectivity index (χ1v) is 5.78. The van der Waals surface area contributed by atoms with E-state index in [0.29, 0.717) is 33.2 Å². The fraction of sp³-hybridized carbons (Fsp3) is 0. The van der Waals surface area contributed by atoms with Crippen LogP contribution in [0, 0.1) is 22.7 Å². The first kappa shape index (κ1) is 12.8. The van der Waals surface area contributed by atoms with Crippen molar-refractivity contribution in [3.63, 3.8) is 0 Å². The van der Waals surface area contributed by atoms with Gasteiger partial charge in [-0.3, -0.25) is 0 Å². The van der Waals surface area contributed by atoms with Gasteiger partial charge in [0.2, 0.25) is 0 Å². The van der Waals surface area contributed by atoms with Crippen molar-refractivity contribution < 1.29 is 0 Å². The molecule has 2 aromatic carbocycles. The highest BCUT2D eigenvalue weighted by molar-refractivity contribution is 6.33. The van der Waals surface area contributed by atoms with Crippen molar-refractivity contribution in [2.45, 2.75) is 0 Å². The zero-order valence-electron chi connectivity index (χ0n) is 9.81. The van der Waals surface area contributed by atoms with Crippen LogP contribution in [-0.2, 0) is 0 Å². The van der Waals surface area contributed by atoms with Gasteiger partial charge in [-0.05, 0) is 36.4 Å². The van der Waals surface area contributed by atoms with Crippen LogP contribution in [0.4, 0.5) is 17.1 Å². The fourth-order valence-corrected chi connectivity index (χ4v) is 1.81. The number of anilines is 3. The van der Waals surface area contributed by atoms with Crippen LogP contribution in [0.1, 0.15) is 11.1 Å². The summed E-state index contributed by atoms with van der Waals surface area (Å²) in [5.74, 6) is 0. The topological polar surface area (TPSA) is 85.6 Å². The van der Waals surface area contributed by atoms with Crippen molar-refractivity contribution in [3.8, 4) is 12.1 Å². The van der Waals surface area contributed by atoms with Crippen LogP contribution in [-0.4, -0.2) is 0 Å². The minimum Gasteiger partial charge on any atom is -0.397 e. The Balaban J connectivity index is 2.32. The van der Waals surface area contributed by atoms with Crippen LogP contribution in [0.3, 0.4) is 0 Å². The van der Waals surface area contributed by atoms with Gasteiger partial charge in [-0.2, -0.15) is 10.5 Å². The number of nitriles is 2. The summed E-state index contributed by atoms with van der Waals surface area (Å²) in [6, 6.07) is 13.9. The molecule has 4 nitrogen and oxygen atoms in total. The lowest BCUT2D eigenvalue weighted by molar-refractivity contribution is 1.46. The maximum Gasteiger partial charge on any atom is 0.0992 e. The molecule has 0 fully saturated rings. The van der Waals surface area contributed by atoms with E-state index in [1.165, 1.54) is 0 Å². The van der Waals surface area contributed by atoms with Crippen LogP contribution in [0.2, 0.25) is 5.02 Å². The van der Waals surface area contributed by atoms with E-state index in [2.05, 4.69) is 5.32 Å². The second-order valence-electron chi connectivity index (χ2n) is 3.85. The largest absolute Gasteiger partial charge is 0.397 e. The number of nitrogens with one attached hydrogen (secondary N) is 1. The Kier molecular flexibility index (Phi) is 3.56. The summed E-state index contributed by atoms with van der Waals surface area (Å²) in [5.41, 5.74) is 8.59. The summed E-state index contributed by atoms with van der Waals surface area (Å²) in [6.07, 6.45) is 0. The van der Waals surface area contributed by atoms with E-state index >= 15 is 0 Å². The summed E-state index contributed by atoms with van der Waals surface area (Å²) >= 11 is 6.06. The molecule has 0 atom stereocenters. The van der Waals surface area contributed by atoms with Crippen molar-refractivity contribution in [1.82, 2.24) is 0 Å². The standard InChI is InChI=1S/C14H9ClN4/c15-11-5-9(7-16)1-3-13(11)19-14-4-2-10(8-17)6-12(14)18/h1-6,19H,18H2. The quantitative estimate of drug-likeness (QED) is 0.817. The highest BCUT2D eigenvalue weighted by Gasteiger charge is 2.05. The lowest BCUT2D eigenvalue weighted by Gasteiger charge is -2.11. The van der Waals surface area contributed by atoms with Crippen LogP contribution in [0.5, 0.6) is 0 Å². The van der Waals surface area contributed by atoms with Gasteiger partial charge in [-0.1, -0.05) is 11.6 Å². The molecule has 0 heterocycles. The van der Waals surface area contributed by atoms with Crippen molar-refractivity contribution in [3.05, 3.63) is 52.5 Å². The molecular formula is C14H9ClN4. The van der Waals surface area contributed by atoms with Crippen molar-refractivity contribution in [2.24, 2.45) is 0 Å². The lowest BCUT2D eigenvalue weighted by Crippen LogP contribution is -1.97. The van der Waals surface area contributed by atoms with Gasteiger partial charge >= 0.3 is 0 Å². The number of hydrogen-bond acceptors (Lipinski definition) is 4. The Morgan fingerprint density at radius 3 is 2.05 bits per heavy atom. The van der Waals surface area contributed by atoms with Gasteiger partial charge in [-0.25, -0.2) is 0 Å².